The van der Waals surface area contributed by atoms with Gasteiger partial charge in [0.2, 0.25) is 5.91 Å². The molecule has 0 aromatic heterocycles. The zero-order valence-electron chi connectivity index (χ0n) is 15.0. The molecule has 0 radical (unpaired) electrons. The van der Waals surface area contributed by atoms with Gasteiger partial charge in [-0.1, -0.05) is 24.3 Å². The number of rotatable bonds is 4. The molecule has 2 aromatic rings. The predicted molar refractivity (Wildman–Crippen MR) is 101 cm³/mol. The SMILES string of the molecule is O=C(C=Cc1cccc([N+](=O)[O-])c1)N1CCN(C(=O)c2ccccc2F)CC1. The molecule has 1 saturated heterocycles. The number of nitro groups is 1. The molecule has 0 aliphatic carbocycles. The molecule has 2 aromatic carbocycles. The molecule has 28 heavy (non-hydrogen) atoms. The smallest absolute Gasteiger partial charge is 0.270 e. The van der Waals surface area contributed by atoms with E-state index in [9.17, 15) is 24.1 Å². The molecule has 0 N–H and O–H groups in total. The molecule has 2 amide bonds. The van der Waals surface area contributed by atoms with Crippen molar-refractivity contribution in [2.45, 2.75) is 0 Å². The molecule has 1 aliphatic rings. The van der Waals surface area contributed by atoms with E-state index in [1.54, 1.807) is 23.1 Å². The summed E-state index contributed by atoms with van der Waals surface area (Å²) in [4.78, 5) is 38.1. The number of hydrogen-bond donors (Lipinski definition) is 0. The Morgan fingerprint density at radius 3 is 2.36 bits per heavy atom. The van der Waals surface area contributed by atoms with E-state index in [0.717, 1.165) is 0 Å². The van der Waals surface area contributed by atoms with Gasteiger partial charge in [-0.25, -0.2) is 4.39 Å². The molecule has 8 heteroatoms. The van der Waals surface area contributed by atoms with E-state index in [1.165, 1.54) is 47.4 Å². The van der Waals surface area contributed by atoms with Crippen LogP contribution in [0.15, 0.2) is 54.6 Å². The maximum Gasteiger partial charge on any atom is 0.270 e. The summed E-state index contributed by atoms with van der Waals surface area (Å²) in [6.07, 6.45) is 2.87. The van der Waals surface area contributed by atoms with Gasteiger partial charge in [0, 0.05) is 44.4 Å². The number of amides is 2. The lowest BCUT2D eigenvalue weighted by molar-refractivity contribution is -0.384. The van der Waals surface area contributed by atoms with Gasteiger partial charge in [-0.15, -0.1) is 0 Å². The Hall–Kier alpha value is -3.55. The van der Waals surface area contributed by atoms with Crippen LogP contribution >= 0.6 is 0 Å². The minimum absolute atomic E-state index is 0.0212. The fourth-order valence-corrected chi connectivity index (χ4v) is 2.95. The molecule has 0 bridgehead atoms. The van der Waals surface area contributed by atoms with Crippen LogP contribution < -0.4 is 0 Å². The lowest BCUT2D eigenvalue weighted by atomic mass is 10.1. The molecule has 0 atom stereocenters. The summed E-state index contributed by atoms with van der Waals surface area (Å²) in [7, 11) is 0. The molecular formula is C20H18FN3O4. The number of piperazine rings is 1. The van der Waals surface area contributed by atoms with Gasteiger partial charge in [-0.2, -0.15) is 0 Å². The number of carbonyl (C=O) groups is 2. The lowest BCUT2D eigenvalue weighted by Gasteiger charge is -2.34. The average molecular weight is 383 g/mol. The highest BCUT2D eigenvalue weighted by Crippen LogP contribution is 2.15. The number of non-ortho nitro benzene ring substituents is 1. The first-order valence-electron chi connectivity index (χ1n) is 8.71. The maximum absolute atomic E-state index is 13.8. The molecule has 7 nitrogen and oxygen atoms in total. The van der Waals surface area contributed by atoms with Crippen molar-refractivity contribution in [1.29, 1.82) is 0 Å². The average Bonchev–Trinajstić information content (AvgIpc) is 2.72. The van der Waals surface area contributed by atoms with Crippen molar-refractivity contribution in [3.63, 3.8) is 0 Å². The van der Waals surface area contributed by atoms with E-state index in [4.69, 9.17) is 0 Å². The summed E-state index contributed by atoms with van der Waals surface area (Å²) in [5.41, 5.74) is 0.527. The van der Waals surface area contributed by atoms with Crippen LogP contribution in [0.3, 0.4) is 0 Å². The second-order valence-corrected chi connectivity index (χ2v) is 6.28. The van der Waals surface area contributed by atoms with Crippen molar-refractivity contribution in [3.8, 4) is 0 Å². The molecule has 0 unspecified atom stereocenters. The fraction of sp³-hybridized carbons (Fsp3) is 0.200. The Morgan fingerprint density at radius 2 is 1.68 bits per heavy atom. The quantitative estimate of drug-likeness (QED) is 0.462. The molecule has 1 heterocycles. The van der Waals surface area contributed by atoms with Gasteiger partial charge in [0.15, 0.2) is 0 Å². The van der Waals surface area contributed by atoms with E-state index in [2.05, 4.69) is 0 Å². The lowest BCUT2D eigenvalue weighted by Crippen LogP contribution is -2.50. The first kappa shape index (κ1) is 19.2. The number of hydrogen-bond acceptors (Lipinski definition) is 4. The molecule has 1 aliphatic heterocycles. The third-order valence-corrected chi connectivity index (χ3v) is 4.48. The van der Waals surface area contributed by atoms with Gasteiger partial charge in [-0.3, -0.25) is 19.7 Å². The summed E-state index contributed by atoms with van der Waals surface area (Å²) in [5, 5.41) is 10.8. The van der Waals surface area contributed by atoms with Crippen LogP contribution in [0.5, 0.6) is 0 Å². The summed E-state index contributed by atoms with van der Waals surface area (Å²) < 4.78 is 13.8. The van der Waals surface area contributed by atoms with Crippen molar-refractivity contribution in [2.75, 3.05) is 26.2 Å². The molecule has 0 spiro atoms. The Bertz CT molecular complexity index is 937. The summed E-state index contributed by atoms with van der Waals surface area (Å²) >= 11 is 0. The molecule has 1 fully saturated rings. The van der Waals surface area contributed by atoms with Crippen LogP contribution in [0.2, 0.25) is 0 Å². The number of nitrogens with zero attached hydrogens (tertiary/aromatic N) is 3. The zero-order chi connectivity index (χ0) is 20.1. The van der Waals surface area contributed by atoms with Gasteiger partial charge in [0.1, 0.15) is 5.82 Å². The van der Waals surface area contributed by atoms with Gasteiger partial charge in [0.05, 0.1) is 10.5 Å². The summed E-state index contributed by atoms with van der Waals surface area (Å²) in [6.45, 7) is 1.28. The minimum atomic E-state index is -0.564. The van der Waals surface area contributed by atoms with Gasteiger partial charge < -0.3 is 9.80 Å². The van der Waals surface area contributed by atoms with Crippen molar-refractivity contribution < 1.29 is 18.9 Å². The minimum Gasteiger partial charge on any atom is -0.336 e. The molecule has 3 rings (SSSR count). The number of benzene rings is 2. The van der Waals surface area contributed by atoms with E-state index < -0.39 is 16.6 Å². The van der Waals surface area contributed by atoms with Crippen molar-refractivity contribution in [3.05, 3.63) is 81.7 Å². The van der Waals surface area contributed by atoms with Gasteiger partial charge >= 0.3 is 0 Å². The zero-order valence-corrected chi connectivity index (χ0v) is 15.0. The van der Waals surface area contributed by atoms with E-state index >= 15 is 0 Å². The van der Waals surface area contributed by atoms with Crippen molar-refractivity contribution in [2.24, 2.45) is 0 Å². The molecule has 144 valence electrons. The molecule has 0 saturated carbocycles. The summed E-state index contributed by atoms with van der Waals surface area (Å²) in [6, 6.07) is 11.8. The third kappa shape index (κ3) is 4.40. The van der Waals surface area contributed by atoms with E-state index in [1.807, 2.05) is 0 Å². The van der Waals surface area contributed by atoms with E-state index in [0.29, 0.717) is 31.7 Å². The van der Waals surface area contributed by atoms with Gasteiger partial charge in [-0.05, 0) is 23.8 Å². The largest absolute Gasteiger partial charge is 0.336 e. The Kier molecular flexibility index (Phi) is 5.78. The Morgan fingerprint density at radius 1 is 1.00 bits per heavy atom. The normalized spacial score (nSPS) is 14.3. The second kappa shape index (κ2) is 8.43. The van der Waals surface area contributed by atoms with Crippen molar-refractivity contribution >= 4 is 23.6 Å². The van der Waals surface area contributed by atoms with Crippen LogP contribution in [-0.4, -0.2) is 52.7 Å². The predicted octanol–water partition coefficient (Wildman–Crippen LogP) is 2.73. The van der Waals surface area contributed by atoms with Crippen LogP contribution in [0.1, 0.15) is 15.9 Å². The standard InChI is InChI=1S/C20H18FN3O4/c21-18-7-2-1-6-17(18)20(26)23-12-10-22(11-13-23)19(25)9-8-15-4-3-5-16(14-15)24(27)28/h1-9,14H,10-13H2. The Labute approximate surface area is 160 Å². The first-order chi connectivity index (χ1) is 13.5. The second-order valence-electron chi connectivity index (χ2n) is 6.28. The maximum atomic E-state index is 13.8. The third-order valence-electron chi connectivity index (χ3n) is 4.48. The number of halogens is 1. The summed E-state index contributed by atoms with van der Waals surface area (Å²) in [5.74, 6) is -1.20. The van der Waals surface area contributed by atoms with Crippen LogP contribution in [0.4, 0.5) is 10.1 Å². The van der Waals surface area contributed by atoms with Crippen LogP contribution in [0, 0.1) is 15.9 Å². The van der Waals surface area contributed by atoms with Crippen LogP contribution in [-0.2, 0) is 4.79 Å². The van der Waals surface area contributed by atoms with Gasteiger partial charge in [0.25, 0.3) is 11.6 Å². The highest BCUT2D eigenvalue weighted by atomic mass is 19.1. The number of nitro benzene ring substituents is 1. The number of carbonyl (C=O) groups excluding carboxylic acids is 2. The highest BCUT2D eigenvalue weighted by molar-refractivity contribution is 5.95. The highest BCUT2D eigenvalue weighted by Gasteiger charge is 2.25. The fourth-order valence-electron chi connectivity index (χ4n) is 2.95. The van der Waals surface area contributed by atoms with Crippen molar-refractivity contribution in [1.82, 2.24) is 9.80 Å². The molecular weight excluding hydrogens is 365 g/mol. The monoisotopic (exact) mass is 383 g/mol. The first-order valence-corrected chi connectivity index (χ1v) is 8.71. The topological polar surface area (TPSA) is 83.8 Å². The van der Waals surface area contributed by atoms with E-state index in [-0.39, 0.29) is 17.2 Å². The van der Waals surface area contributed by atoms with Crippen LogP contribution in [0.25, 0.3) is 6.08 Å². The Balaban J connectivity index is 1.58.